The minimum absolute atomic E-state index is 0.348. The zero-order chi connectivity index (χ0) is 12.3. The Morgan fingerprint density at radius 2 is 1.76 bits per heavy atom. The maximum Gasteiger partial charge on any atom is 0.416 e. The van der Waals surface area contributed by atoms with E-state index in [1.54, 1.807) is 24.5 Å². The average Bonchev–Trinajstić information content (AvgIpc) is 2.78. The fourth-order valence-corrected chi connectivity index (χ4v) is 1.32. The summed E-state index contributed by atoms with van der Waals surface area (Å²) >= 11 is 0. The van der Waals surface area contributed by atoms with Gasteiger partial charge in [-0.2, -0.15) is 13.2 Å². The molecule has 0 spiro atoms. The standard InChI is InChI=1S/C13H8F3N/c14-13(15,16)12-3-1-2-10(8-12)4-5-11-6-7-17-9-11/h1-3,6-9,17H. The number of aromatic amines is 1. The molecule has 0 unspecified atom stereocenters. The normalized spacial score (nSPS) is 10.8. The quantitative estimate of drug-likeness (QED) is 0.673. The van der Waals surface area contributed by atoms with E-state index in [4.69, 9.17) is 0 Å². The van der Waals surface area contributed by atoms with E-state index < -0.39 is 11.7 Å². The first-order valence-corrected chi connectivity index (χ1v) is 4.88. The Morgan fingerprint density at radius 3 is 2.41 bits per heavy atom. The fourth-order valence-electron chi connectivity index (χ4n) is 1.32. The summed E-state index contributed by atoms with van der Waals surface area (Å²) in [6.45, 7) is 0. The molecule has 0 aliphatic rings. The lowest BCUT2D eigenvalue weighted by Gasteiger charge is -2.05. The Kier molecular flexibility index (Phi) is 2.92. The van der Waals surface area contributed by atoms with E-state index in [-0.39, 0.29) is 0 Å². The fraction of sp³-hybridized carbons (Fsp3) is 0.0769. The molecule has 0 saturated carbocycles. The Hall–Kier alpha value is -2.15. The van der Waals surface area contributed by atoms with Crippen LogP contribution in [0.25, 0.3) is 0 Å². The molecular weight excluding hydrogens is 227 g/mol. The molecule has 1 N–H and O–H groups in total. The number of hydrogen-bond donors (Lipinski definition) is 1. The highest BCUT2D eigenvalue weighted by Crippen LogP contribution is 2.29. The molecule has 0 bridgehead atoms. The number of hydrogen-bond acceptors (Lipinski definition) is 0. The van der Waals surface area contributed by atoms with Crippen molar-refractivity contribution in [3.63, 3.8) is 0 Å². The molecule has 0 atom stereocenters. The molecule has 1 nitrogen and oxygen atoms in total. The number of aromatic nitrogens is 1. The molecule has 0 aliphatic heterocycles. The maximum absolute atomic E-state index is 12.4. The third-order valence-electron chi connectivity index (χ3n) is 2.14. The second-order valence-corrected chi connectivity index (χ2v) is 3.43. The molecular formula is C13H8F3N. The summed E-state index contributed by atoms with van der Waals surface area (Å²) in [5.41, 5.74) is 0.404. The van der Waals surface area contributed by atoms with E-state index >= 15 is 0 Å². The summed E-state index contributed by atoms with van der Waals surface area (Å²) in [6, 6.07) is 6.72. The van der Waals surface area contributed by atoms with Crippen molar-refractivity contribution in [2.24, 2.45) is 0 Å². The molecule has 4 heteroatoms. The van der Waals surface area contributed by atoms with Crippen molar-refractivity contribution in [3.05, 3.63) is 59.4 Å². The predicted octanol–water partition coefficient (Wildman–Crippen LogP) is 3.43. The zero-order valence-electron chi connectivity index (χ0n) is 8.68. The number of nitrogens with one attached hydrogen (secondary N) is 1. The van der Waals surface area contributed by atoms with Crippen molar-refractivity contribution in [2.75, 3.05) is 0 Å². The number of benzene rings is 1. The minimum Gasteiger partial charge on any atom is -0.367 e. The number of rotatable bonds is 0. The summed E-state index contributed by atoms with van der Waals surface area (Å²) in [7, 11) is 0. The third kappa shape index (κ3) is 2.91. The largest absolute Gasteiger partial charge is 0.416 e. The Balaban J connectivity index is 2.29. The van der Waals surface area contributed by atoms with Gasteiger partial charge in [-0.25, -0.2) is 0 Å². The van der Waals surface area contributed by atoms with Gasteiger partial charge in [0.25, 0.3) is 0 Å². The molecule has 0 amide bonds. The highest BCUT2D eigenvalue weighted by molar-refractivity contribution is 5.43. The van der Waals surface area contributed by atoms with Crippen LogP contribution in [0.5, 0.6) is 0 Å². The van der Waals surface area contributed by atoms with Gasteiger partial charge in [-0.3, -0.25) is 0 Å². The van der Waals surface area contributed by atoms with Crippen LogP contribution in [0.4, 0.5) is 13.2 Å². The lowest BCUT2D eigenvalue weighted by molar-refractivity contribution is -0.137. The second kappa shape index (κ2) is 4.38. The van der Waals surface area contributed by atoms with Crippen LogP contribution in [0.3, 0.4) is 0 Å². The second-order valence-electron chi connectivity index (χ2n) is 3.43. The molecule has 17 heavy (non-hydrogen) atoms. The lowest BCUT2D eigenvalue weighted by atomic mass is 10.1. The van der Waals surface area contributed by atoms with Crippen molar-refractivity contribution < 1.29 is 13.2 Å². The maximum atomic E-state index is 12.4. The van der Waals surface area contributed by atoms with Crippen molar-refractivity contribution in [1.82, 2.24) is 4.98 Å². The monoisotopic (exact) mass is 235 g/mol. The van der Waals surface area contributed by atoms with Crippen LogP contribution in [0.15, 0.2) is 42.7 Å². The Morgan fingerprint density at radius 1 is 1.00 bits per heavy atom. The molecule has 1 aromatic heterocycles. The van der Waals surface area contributed by atoms with Gasteiger partial charge in [-0.1, -0.05) is 17.9 Å². The molecule has 2 aromatic rings. The number of H-pyrrole nitrogens is 1. The van der Waals surface area contributed by atoms with Gasteiger partial charge in [0.15, 0.2) is 0 Å². The first-order chi connectivity index (χ1) is 8.05. The van der Waals surface area contributed by atoms with Gasteiger partial charge < -0.3 is 4.98 Å². The molecule has 1 aromatic carbocycles. The summed E-state index contributed by atoms with van der Waals surface area (Å²) < 4.78 is 37.3. The molecule has 0 fully saturated rings. The summed E-state index contributed by atoms with van der Waals surface area (Å²) in [4.78, 5) is 2.82. The van der Waals surface area contributed by atoms with Gasteiger partial charge in [0, 0.05) is 23.5 Å². The van der Waals surface area contributed by atoms with Crippen molar-refractivity contribution >= 4 is 0 Å². The van der Waals surface area contributed by atoms with E-state index in [2.05, 4.69) is 16.8 Å². The van der Waals surface area contributed by atoms with Gasteiger partial charge >= 0.3 is 6.18 Å². The third-order valence-corrected chi connectivity index (χ3v) is 2.14. The van der Waals surface area contributed by atoms with Crippen molar-refractivity contribution in [2.45, 2.75) is 6.18 Å². The summed E-state index contributed by atoms with van der Waals surface area (Å²) in [6.07, 6.45) is -0.942. The van der Waals surface area contributed by atoms with E-state index in [1.807, 2.05) is 0 Å². The lowest BCUT2D eigenvalue weighted by Crippen LogP contribution is -2.04. The van der Waals surface area contributed by atoms with E-state index in [0.29, 0.717) is 5.56 Å². The molecule has 0 saturated heterocycles. The Bertz CT molecular complexity index is 556. The minimum atomic E-state index is -4.33. The van der Waals surface area contributed by atoms with Crippen LogP contribution in [-0.2, 0) is 6.18 Å². The highest BCUT2D eigenvalue weighted by atomic mass is 19.4. The number of alkyl halides is 3. The summed E-state index contributed by atoms with van der Waals surface area (Å²) in [5.74, 6) is 5.46. The van der Waals surface area contributed by atoms with Crippen LogP contribution < -0.4 is 0 Å². The van der Waals surface area contributed by atoms with Crippen LogP contribution in [-0.4, -0.2) is 4.98 Å². The average molecular weight is 235 g/mol. The molecule has 0 aliphatic carbocycles. The van der Waals surface area contributed by atoms with Crippen LogP contribution in [0.2, 0.25) is 0 Å². The molecule has 2 rings (SSSR count). The summed E-state index contributed by atoms with van der Waals surface area (Å²) in [5, 5.41) is 0. The zero-order valence-corrected chi connectivity index (χ0v) is 8.68. The smallest absolute Gasteiger partial charge is 0.367 e. The molecule has 1 heterocycles. The van der Waals surface area contributed by atoms with Crippen LogP contribution in [0, 0.1) is 11.8 Å². The molecule has 0 radical (unpaired) electrons. The topological polar surface area (TPSA) is 15.8 Å². The highest BCUT2D eigenvalue weighted by Gasteiger charge is 2.30. The van der Waals surface area contributed by atoms with E-state index in [0.717, 1.165) is 17.7 Å². The first-order valence-electron chi connectivity index (χ1n) is 4.88. The van der Waals surface area contributed by atoms with E-state index in [9.17, 15) is 13.2 Å². The number of halogens is 3. The predicted molar refractivity (Wildman–Crippen MR) is 58.2 cm³/mol. The van der Waals surface area contributed by atoms with Crippen molar-refractivity contribution in [3.8, 4) is 11.8 Å². The van der Waals surface area contributed by atoms with Gasteiger partial charge in [-0.15, -0.1) is 0 Å². The first kappa shape index (κ1) is 11.3. The van der Waals surface area contributed by atoms with Crippen LogP contribution in [0.1, 0.15) is 16.7 Å². The van der Waals surface area contributed by atoms with Gasteiger partial charge in [-0.05, 0) is 24.3 Å². The SMILES string of the molecule is FC(F)(F)c1cccc(C#Cc2cc[nH]c2)c1. The Labute approximate surface area is 96.3 Å². The molecule has 86 valence electrons. The van der Waals surface area contributed by atoms with Crippen LogP contribution >= 0.6 is 0 Å². The van der Waals surface area contributed by atoms with Gasteiger partial charge in [0.1, 0.15) is 0 Å². The van der Waals surface area contributed by atoms with E-state index in [1.165, 1.54) is 6.07 Å². The van der Waals surface area contributed by atoms with Crippen molar-refractivity contribution in [1.29, 1.82) is 0 Å². The van der Waals surface area contributed by atoms with Gasteiger partial charge in [0.05, 0.1) is 5.56 Å². The van der Waals surface area contributed by atoms with Gasteiger partial charge in [0.2, 0.25) is 0 Å².